The molecule has 0 saturated carbocycles. The summed E-state index contributed by atoms with van der Waals surface area (Å²) in [7, 11) is 0. The molecule has 1 N–H and O–H groups in total. The Balaban J connectivity index is 2.78. The molecule has 0 aliphatic carbocycles. The Hall–Kier alpha value is -1.30. The maximum atomic E-state index is 11.6. The minimum Gasteiger partial charge on any atom is -0.491 e. The van der Waals surface area contributed by atoms with Crippen molar-refractivity contribution >= 4 is 27.8 Å². The molecule has 0 unspecified atom stereocenters. The highest BCUT2D eigenvalue weighted by Crippen LogP contribution is 2.22. The number of hydrogen-bond acceptors (Lipinski definition) is 4. The molecule has 1 aromatic rings. The summed E-state index contributed by atoms with van der Waals surface area (Å²) in [4.78, 5) is 15.8. The molecule has 5 nitrogen and oxygen atoms in total. The molecule has 0 fully saturated rings. The standard InChI is InChI=1S/C13H19BrN2O3/c1-8(2)18-9-6-10(14)15-11(7-9)16-12(17)19-13(3,4)5/h6-8H,1-5H3,(H,15,16,17). The van der Waals surface area contributed by atoms with Crippen LogP contribution in [-0.4, -0.2) is 22.8 Å². The van der Waals surface area contributed by atoms with Gasteiger partial charge in [0.1, 0.15) is 21.8 Å². The van der Waals surface area contributed by atoms with Crippen LogP contribution in [0, 0.1) is 0 Å². The summed E-state index contributed by atoms with van der Waals surface area (Å²) in [5.74, 6) is 1.00. The van der Waals surface area contributed by atoms with Crippen LogP contribution in [0.15, 0.2) is 16.7 Å². The predicted octanol–water partition coefficient (Wildman–Crippen LogP) is 3.98. The molecule has 0 aliphatic heterocycles. The Morgan fingerprint density at radius 2 is 2.00 bits per heavy atom. The van der Waals surface area contributed by atoms with Crippen LogP contribution in [0.25, 0.3) is 0 Å². The van der Waals surface area contributed by atoms with Crippen molar-refractivity contribution in [1.29, 1.82) is 0 Å². The van der Waals surface area contributed by atoms with Crippen LogP contribution in [0.4, 0.5) is 10.6 Å². The molecule has 1 rings (SSSR count). The normalized spacial score (nSPS) is 11.3. The van der Waals surface area contributed by atoms with Crippen molar-refractivity contribution < 1.29 is 14.3 Å². The monoisotopic (exact) mass is 330 g/mol. The molecule has 106 valence electrons. The molecule has 19 heavy (non-hydrogen) atoms. The molecular weight excluding hydrogens is 312 g/mol. The highest BCUT2D eigenvalue weighted by atomic mass is 79.9. The summed E-state index contributed by atoms with van der Waals surface area (Å²) in [5, 5.41) is 2.57. The largest absolute Gasteiger partial charge is 0.491 e. The summed E-state index contributed by atoms with van der Waals surface area (Å²) >= 11 is 3.27. The first kappa shape index (κ1) is 15.8. The number of nitrogens with zero attached hydrogens (tertiary/aromatic N) is 1. The molecule has 0 bridgehead atoms. The number of anilines is 1. The third-order valence-corrected chi connectivity index (χ3v) is 2.17. The van der Waals surface area contributed by atoms with E-state index >= 15 is 0 Å². The second-order valence-electron chi connectivity index (χ2n) is 5.30. The van der Waals surface area contributed by atoms with Crippen LogP contribution < -0.4 is 10.1 Å². The van der Waals surface area contributed by atoms with Gasteiger partial charge in [-0.15, -0.1) is 0 Å². The number of rotatable bonds is 3. The Morgan fingerprint density at radius 1 is 1.37 bits per heavy atom. The van der Waals surface area contributed by atoms with Gasteiger partial charge in [0.2, 0.25) is 0 Å². The number of nitrogens with one attached hydrogen (secondary N) is 1. The second-order valence-corrected chi connectivity index (χ2v) is 6.12. The fourth-order valence-electron chi connectivity index (χ4n) is 1.29. The van der Waals surface area contributed by atoms with Gasteiger partial charge in [-0.3, -0.25) is 5.32 Å². The predicted molar refractivity (Wildman–Crippen MR) is 77.6 cm³/mol. The van der Waals surface area contributed by atoms with Crippen LogP contribution in [0.1, 0.15) is 34.6 Å². The number of ether oxygens (including phenoxy) is 2. The lowest BCUT2D eigenvalue weighted by molar-refractivity contribution is 0.0635. The topological polar surface area (TPSA) is 60.5 Å². The van der Waals surface area contributed by atoms with E-state index < -0.39 is 11.7 Å². The number of carbonyl (C=O) groups excluding carboxylic acids is 1. The molecule has 0 saturated heterocycles. The maximum absolute atomic E-state index is 11.6. The van der Waals surface area contributed by atoms with Gasteiger partial charge < -0.3 is 9.47 Å². The van der Waals surface area contributed by atoms with Gasteiger partial charge in [0, 0.05) is 12.1 Å². The van der Waals surface area contributed by atoms with Crippen molar-refractivity contribution in [3.8, 4) is 5.75 Å². The van der Waals surface area contributed by atoms with Gasteiger partial charge in [-0.05, 0) is 50.5 Å². The van der Waals surface area contributed by atoms with Crippen molar-refractivity contribution in [2.24, 2.45) is 0 Å². The molecule has 1 amide bonds. The van der Waals surface area contributed by atoms with E-state index in [1.165, 1.54) is 0 Å². The molecule has 1 aromatic heterocycles. The molecule has 0 radical (unpaired) electrons. The van der Waals surface area contributed by atoms with E-state index in [1.807, 2.05) is 13.8 Å². The zero-order valence-electron chi connectivity index (χ0n) is 11.8. The third-order valence-electron chi connectivity index (χ3n) is 1.77. The van der Waals surface area contributed by atoms with Gasteiger partial charge >= 0.3 is 6.09 Å². The minimum absolute atomic E-state index is 0.0451. The average Bonchev–Trinajstić information content (AvgIpc) is 2.10. The second kappa shape index (κ2) is 6.23. The highest BCUT2D eigenvalue weighted by Gasteiger charge is 2.17. The quantitative estimate of drug-likeness (QED) is 0.851. The summed E-state index contributed by atoms with van der Waals surface area (Å²) in [5.41, 5.74) is -0.548. The van der Waals surface area contributed by atoms with Gasteiger partial charge in [-0.25, -0.2) is 9.78 Å². The van der Waals surface area contributed by atoms with Gasteiger partial charge in [-0.2, -0.15) is 0 Å². The number of amides is 1. The molecule has 0 atom stereocenters. The Kier molecular flexibility index (Phi) is 5.17. The van der Waals surface area contributed by atoms with Gasteiger partial charge in [-0.1, -0.05) is 0 Å². The SMILES string of the molecule is CC(C)Oc1cc(Br)nc(NC(=O)OC(C)(C)C)c1. The highest BCUT2D eigenvalue weighted by molar-refractivity contribution is 9.10. The van der Waals surface area contributed by atoms with Gasteiger partial charge in [0.25, 0.3) is 0 Å². The van der Waals surface area contributed by atoms with E-state index in [4.69, 9.17) is 9.47 Å². The maximum Gasteiger partial charge on any atom is 0.413 e. The van der Waals surface area contributed by atoms with Crippen molar-refractivity contribution in [3.63, 3.8) is 0 Å². The average molecular weight is 331 g/mol. The van der Waals surface area contributed by atoms with E-state index in [0.717, 1.165) is 0 Å². The lowest BCUT2D eigenvalue weighted by Crippen LogP contribution is -2.27. The van der Waals surface area contributed by atoms with Crippen molar-refractivity contribution in [2.75, 3.05) is 5.32 Å². The first-order valence-corrected chi connectivity index (χ1v) is 6.79. The van der Waals surface area contributed by atoms with Gasteiger partial charge in [0.05, 0.1) is 6.10 Å². The zero-order chi connectivity index (χ0) is 14.6. The molecule has 0 aromatic carbocycles. The van der Waals surface area contributed by atoms with E-state index in [-0.39, 0.29) is 6.10 Å². The lowest BCUT2D eigenvalue weighted by atomic mass is 10.2. The van der Waals surface area contributed by atoms with Crippen LogP contribution in [0.3, 0.4) is 0 Å². The number of hydrogen-bond donors (Lipinski definition) is 1. The first-order chi connectivity index (χ1) is 8.65. The fourth-order valence-corrected chi connectivity index (χ4v) is 1.70. The minimum atomic E-state index is -0.548. The van der Waals surface area contributed by atoms with Crippen molar-refractivity contribution in [2.45, 2.75) is 46.3 Å². The number of aromatic nitrogens is 1. The van der Waals surface area contributed by atoms with E-state index in [0.29, 0.717) is 16.2 Å². The van der Waals surface area contributed by atoms with E-state index in [9.17, 15) is 4.79 Å². The summed E-state index contributed by atoms with van der Waals surface area (Å²) in [6.07, 6.45) is -0.503. The Morgan fingerprint density at radius 3 is 2.53 bits per heavy atom. The molecule has 0 spiro atoms. The summed E-state index contributed by atoms with van der Waals surface area (Å²) < 4.78 is 11.3. The zero-order valence-corrected chi connectivity index (χ0v) is 13.4. The third kappa shape index (κ3) is 6.42. The molecule has 6 heteroatoms. The number of pyridine rings is 1. The van der Waals surface area contributed by atoms with E-state index in [1.54, 1.807) is 32.9 Å². The van der Waals surface area contributed by atoms with Crippen LogP contribution >= 0.6 is 15.9 Å². The number of halogens is 1. The van der Waals surface area contributed by atoms with Crippen LogP contribution in [0.5, 0.6) is 5.75 Å². The molecular formula is C13H19BrN2O3. The number of carbonyl (C=O) groups is 1. The van der Waals surface area contributed by atoms with E-state index in [2.05, 4.69) is 26.2 Å². The summed E-state index contributed by atoms with van der Waals surface area (Å²) in [6, 6.07) is 3.38. The van der Waals surface area contributed by atoms with Gasteiger partial charge in [0.15, 0.2) is 0 Å². The van der Waals surface area contributed by atoms with Crippen molar-refractivity contribution in [3.05, 3.63) is 16.7 Å². The van der Waals surface area contributed by atoms with Crippen LogP contribution in [0.2, 0.25) is 0 Å². The first-order valence-electron chi connectivity index (χ1n) is 6.00. The molecule has 1 heterocycles. The fraction of sp³-hybridized carbons (Fsp3) is 0.538. The molecule has 0 aliphatic rings. The Bertz CT molecular complexity index is 456. The smallest absolute Gasteiger partial charge is 0.413 e. The Labute approximate surface area is 121 Å². The van der Waals surface area contributed by atoms with Crippen LogP contribution in [-0.2, 0) is 4.74 Å². The lowest BCUT2D eigenvalue weighted by Gasteiger charge is -2.19. The summed E-state index contributed by atoms with van der Waals surface area (Å²) in [6.45, 7) is 9.25. The van der Waals surface area contributed by atoms with Crippen molar-refractivity contribution in [1.82, 2.24) is 4.98 Å².